The summed E-state index contributed by atoms with van der Waals surface area (Å²) in [7, 11) is 0. The largest absolute Gasteiger partial charge is 0.481 e. The van der Waals surface area contributed by atoms with Gasteiger partial charge in [-0.15, -0.1) is 0 Å². The summed E-state index contributed by atoms with van der Waals surface area (Å²) in [6.45, 7) is 2.20. The number of aliphatic hydroxyl groups excluding tert-OH is 2. The lowest BCUT2D eigenvalue weighted by Gasteiger charge is -2.22. The molecule has 23 heavy (non-hydrogen) atoms. The van der Waals surface area contributed by atoms with Crippen molar-refractivity contribution < 1.29 is 20.1 Å². The lowest BCUT2D eigenvalue weighted by Crippen LogP contribution is -2.21. The highest BCUT2D eigenvalue weighted by molar-refractivity contribution is 5.66. The molecule has 0 radical (unpaired) electrons. The van der Waals surface area contributed by atoms with E-state index in [0.29, 0.717) is 12.8 Å². The van der Waals surface area contributed by atoms with Crippen molar-refractivity contribution in [1.29, 1.82) is 0 Å². The van der Waals surface area contributed by atoms with Gasteiger partial charge in [0.2, 0.25) is 0 Å². The summed E-state index contributed by atoms with van der Waals surface area (Å²) in [5.74, 6) is -0.450. The van der Waals surface area contributed by atoms with Crippen molar-refractivity contribution in [3.63, 3.8) is 0 Å². The second kappa shape index (κ2) is 11.6. The standard InChI is InChI=1S/C19H34O4/c1-2-3-4-5-6-8-11-15-16(18(21)14-17(15)20)12-9-7-10-13-19(22)23/h6,8,15-18,20-21H,2-5,7,9-14H2,1H3,(H,22,23)/b8-6+/t15-,16-,17-,18+/m1/s1. The van der Waals surface area contributed by atoms with Crippen LogP contribution in [-0.2, 0) is 4.79 Å². The maximum absolute atomic E-state index is 10.5. The van der Waals surface area contributed by atoms with E-state index in [4.69, 9.17) is 5.11 Å². The van der Waals surface area contributed by atoms with E-state index in [1.54, 1.807) is 0 Å². The van der Waals surface area contributed by atoms with Crippen LogP contribution in [0, 0.1) is 11.8 Å². The first-order valence-electron chi connectivity index (χ1n) is 9.29. The van der Waals surface area contributed by atoms with Crippen LogP contribution in [0.15, 0.2) is 12.2 Å². The molecule has 1 aliphatic rings. The fourth-order valence-corrected chi connectivity index (χ4v) is 3.62. The predicted octanol–water partition coefficient (Wildman–Crippen LogP) is 3.91. The highest BCUT2D eigenvalue weighted by Gasteiger charge is 2.40. The molecule has 0 aromatic carbocycles. The van der Waals surface area contributed by atoms with E-state index in [1.165, 1.54) is 19.3 Å². The van der Waals surface area contributed by atoms with Crippen molar-refractivity contribution in [2.24, 2.45) is 11.8 Å². The molecule has 0 amide bonds. The Labute approximate surface area is 140 Å². The Kier molecular flexibility index (Phi) is 10.2. The summed E-state index contributed by atoms with van der Waals surface area (Å²) in [5.41, 5.74) is 0. The number of aliphatic carboxylic acids is 1. The highest BCUT2D eigenvalue weighted by Crippen LogP contribution is 2.38. The Hall–Kier alpha value is -0.870. The Balaban J connectivity index is 2.31. The zero-order chi connectivity index (χ0) is 17.1. The van der Waals surface area contributed by atoms with E-state index in [1.807, 2.05) is 0 Å². The third kappa shape index (κ3) is 7.98. The normalized spacial score (nSPS) is 27.8. The number of rotatable bonds is 12. The molecule has 0 aliphatic heterocycles. The second-order valence-electron chi connectivity index (χ2n) is 6.89. The SMILES string of the molecule is CCCCC/C=C/C[C@@H]1[C@@H](CCCCCC(=O)O)[C@@H](O)C[C@H]1O. The van der Waals surface area contributed by atoms with Crippen LogP contribution in [0.4, 0.5) is 0 Å². The van der Waals surface area contributed by atoms with Crippen molar-refractivity contribution in [3.8, 4) is 0 Å². The minimum atomic E-state index is -0.743. The van der Waals surface area contributed by atoms with E-state index < -0.39 is 18.2 Å². The summed E-state index contributed by atoms with van der Waals surface area (Å²) in [6.07, 6.45) is 13.3. The molecule has 1 rings (SSSR count). The fraction of sp³-hybridized carbons (Fsp3) is 0.842. The van der Waals surface area contributed by atoms with Crippen molar-refractivity contribution in [2.75, 3.05) is 0 Å². The Bertz CT molecular complexity index is 353. The number of carboxylic acids is 1. The lowest BCUT2D eigenvalue weighted by molar-refractivity contribution is -0.137. The van der Waals surface area contributed by atoms with Gasteiger partial charge in [-0.1, -0.05) is 44.8 Å². The maximum atomic E-state index is 10.5. The third-order valence-corrected chi connectivity index (χ3v) is 5.00. The van der Waals surface area contributed by atoms with Gasteiger partial charge in [0.05, 0.1) is 12.2 Å². The molecule has 0 aromatic rings. The summed E-state index contributed by atoms with van der Waals surface area (Å²) in [5, 5.41) is 29.0. The molecular formula is C19H34O4. The summed E-state index contributed by atoms with van der Waals surface area (Å²) in [4.78, 5) is 10.5. The predicted molar refractivity (Wildman–Crippen MR) is 92.2 cm³/mol. The molecule has 4 nitrogen and oxygen atoms in total. The zero-order valence-electron chi connectivity index (χ0n) is 14.5. The van der Waals surface area contributed by atoms with Crippen molar-refractivity contribution >= 4 is 5.97 Å². The monoisotopic (exact) mass is 326 g/mol. The molecule has 0 saturated heterocycles. The van der Waals surface area contributed by atoms with Gasteiger partial charge in [0.1, 0.15) is 0 Å². The molecule has 1 fully saturated rings. The molecule has 4 heteroatoms. The van der Waals surface area contributed by atoms with Gasteiger partial charge in [0, 0.05) is 6.42 Å². The Morgan fingerprint density at radius 3 is 2.43 bits per heavy atom. The van der Waals surface area contributed by atoms with Crippen LogP contribution in [0.25, 0.3) is 0 Å². The molecular weight excluding hydrogens is 292 g/mol. The van der Waals surface area contributed by atoms with Crippen LogP contribution < -0.4 is 0 Å². The quantitative estimate of drug-likeness (QED) is 0.375. The number of unbranched alkanes of at least 4 members (excludes halogenated alkanes) is 5. The Morgan fingerprint density at radius 1 is 1.00 bits per heavy atom. The van der Waals surface area contributed by atoms with Gasteiger partial charge in [-0.2, -0.15) is 0 Å². The number of carbonyl (C=O) groups is 1. The first-order valence-corrected chi connectivity index (χ1v) is 9.29. The first kappa shape index (κ1) is 20.2. The molecule has 4 atom stereocenters. The summed E-state index contributed by atoms with van der Waals surface area (Å²) < 4.78 is 0. The molecule has 0 bridgehead atoms. The van der Waals surface area contributed by atoms with E-state index in [2.05, 4.69) is 19.1 Å². The number of hydrogen-bond acceptors (Lipinski definition) is 3. The average molecular weight is 326 g/mol. The highest BCUT2D eigenvalue weighted by atomic mass is 16.4. The van der Waals surface area contributed by atoms with Gasteiger partial charge >= 0.3 is 5.97 Å². The fourth-order valence-electron chi connectivity index (χ4n) is 3.62. The second-order valence-corrected chi connectivity index (χ2v) is 6.89. The van der Waals surface area contributed by atoms with Gasteiger partial charge in [0.25, 0.3) is 0 Å². The van der Waals surface area contributed by atoms with Crippen LogP contribution in [0.3, 0.4) is 0 Å². The van der Waals surface area contributed by atoms with E-state index >= 15 is 0 Å². The molecule has 0 unspecified atom stereocenters. The maximum Gasteiger partial charge on any atom is 0.303 e. The van der Waals surface area contributed by atoms with Gasteiger partial charge in [-0.05, 0) is 50.4 Å². The van der Waals surface area contributed by atoms with Crippen LogP contribution >= 0.6 is 0 Å². The number of carboxylic acid groups (broad SMARTS) is 1. The third-order valence-electron chi connectivity index (χ3n) is 5.00. The van der Waals surface area contributed by atoms with Crippen molar-refractivity contribution in [1.82, 2.24) is 0 Å². The minimum absolute atomic E-state index is 0.145. The van der Waals surface area contributed by atoms with E-state index in [-0.39, 0.29) is 18.3 Å². The number of allylic oxidation sites excluding steroid dienone is 2. The summed E-state index contributed by atoms with van der Waals surface area (Å²) in [6, 6.07) is 0. The van der Waals surface area contributed by atoms with Gasteiger partial charge in [-0.3, -0.25) is 4.79 Å². The molecule has 0 spiro atoms. The number of aliphatic hydroxyl groups is 2. The van der Waals surface area contributed by atoms with Crippen LogP contribution in [0.5, 0.6) is 0 Å². The first-order chi connectivity index (χ1) is 11.1. The molecule has 134 valence electrons. The molecule has 1 saturated carbocycles. The average Bonchev–Trinajstić information content (AvgIpc) is 2.76. The smallest absolute Gasteiger partial charge is 0.303 e. The van der Waals surface area contributed by atoms with Gasteiger partial charge in [0.15, 0.2) is 0 Å². The van der Waals surface area contributed by atoms with Gasteiger partial charge < -0.3 is 15.3 Å². The van der Waals surface area contributed by atoms with Crippen LogP contribution in [0.2, 0.25) is 0 Å². The lowest BCUT2D eigenvalue weighted by atomic mass is 9.86. The minimum Gasteiger partial charge on any atom is -0.481 e. The van der Waals surface area contributed by atoms with Crippen molar-refractivity contribution in [2.45, 2.75) is 89.8 Å². The molecule has 1 aliphatic carbocycles. The topological polar surface area (TPSA) is 77.8 Å². The van der Waals surface area contributed by atoms with E-state index in [0.717, 1.165) is 32.1 Å². The van der Waals surface area contributed by atoms with Crippen LogP contribution in [-0.4, -0.2) is 33.5 Å². The molecule has 3 N–H and O–H groups in total. The van der Waals surface area contributed by atoms with Gasteiger partial charge in [-0.25, -0.2) is 0 Å². The molecule has 0 heterocycles. The molecule has 0 aromatic heterocycles. The van der Waals surface area contributed by atoms with Crippen LogP contribution in [0.1, 0.15) is 77.6 Å². The Morgan fingerprint density at radius 2 is 1.74 bits per heavy atom. The zero-order valence-corrected chi connectivity index (χ0v) is 14.5. The number of hydrogen-bond donors (Lipinski definition) is 3. The summed E-state index contributed by atoms with van der Waals surface area (Å²) >= 11 is 0. The van der Waals surface area contributed by atoms with E-state index in [9.17, 15) is 15.0 Å². The van der Waals surface area contributed by atoms with Crippen molar-refractivity contribution in [3.05, 3.63) is 12.2 Å².